The first-order valence-corrected chi connectivity index (χ1v) is 4.96. The Kier molecular flexibility index (Phi) is 2.19. The Morgan fingerprint density at radius 2 is 2.36 bits per heavy atom. The summed E-state index contributed by atoms with van der Waals surface area (Å²) in [5.41, 5.74) is 8.41. The van der Waals surface area contributed by atoms with Crippen molar-refractivity contribution in [1.82, 2.24) is 0 Å². The summed E-state index contributed by atoms with van der Waals surface area (Å²) in [6.45, 7) is 4.74. The minimum absolute atomic E-state index is 0.142. The maximum Gasteiger partial charge on any atom is 0.161 e. The lowest BCUT2D eigenvalue weighted by Crippen LogP contribution is -2.28. The van der Waals surface area contributed by atoms with Crippen molar-refractivity contribution >= 4 is 23.0 Å². The van der Waals surface area contributed by atoms with Crippen LogP contribution in [0.15, 0.2) is 6.07 Å². The molecule has 1 atom stereocenters. The summed E-state index contributed by atoms with van der Waals surface area (Å²) in [6, 6.07) is 1.73. The molecule has 3 N–H and O–H groups in total. The van der Waals surface area contributed by atoms with Gasteiger partial charge >= 0.3 is 0 Å². The van der Waals surface area contributed by atoms with Gasteiger partial charge in [-0.05, 0) is 25.5 Å². The average molecular weight is 213 g/mol. The molecule has 1 aliphatic heterocycles. The molecule has 1 heterocycles. The van der Waals surface area contributed by atoms with Gasteiger partial charge in [0.1, 0.15) is 6.10 Å². The summed E-state index contributed by atoms with van der Waals surface area (Å²) >= 11 is 6.04. The Hall–Kier alpha value is -1.09. The predicted octanol–water partition coefficient (Wildman–Crippen LogP) is 2.42. The zero-order valence-electron chi connectivity index (χ0n) is 8.23. The number of fused-ring (bicyclic) bond motifs is 1. The first-order chi connectivity index (χ1) is 6.59. The van der Waals surface area contributed by atoms with Crippen LogP contribution in [-0.2, 0) is 0 Å². The van der Waals surface area contributed by atoms with Gasteiger partial charge in [0, 0.05) is 5.69 Å². The van der Waals surface area contributed by atoms with Crippen molar-refractivity contribution in [3.63, 3.8) is 0 Å². The zero-order valence-corrected chi connectivity index (χ0v) is 8.98. The Morgan fingerprint density at radius 3 is 3.07 bits per heavy atom. The first kappa shape index (κ1) is 9.46. The van der Waals surface area contributed by atoms with Crippen LogP contribution in [0, 0.1) is 6.92 Å². The molecule has 76 valence electrons. The molecule has 1 aliphatic rings. The predicted molar refractivity (Wildman–Crippen MR) is 59.2 cm³/mol. The molecule has 0 amide bonds. The molecule has 0 bridgehead atoms. The lowest BCUT2D eigenvalue weighted by molar-refractivity contribution is 0.226. The Labute approximate surface area is 88.2 Å². The largest absolute Gasteiger partial charge is 0.485 e. The van der Waals surface area contributed by atoms with Crippen LogP contribution in [0.25, 0.3) is 0 Å². The van der Waals surface area contributed by atoms with Gasteiger partial charge in [-0.1, -0.05) is 11.6 Å². The zero-order chi connectivity index (χ0) is 10.3. The van der Waals surface area contributed by atoms with Crippen LogP contribution in [0.5, 0.6) is 5.75 Å². The van der Waals surface area contributed by atoms with Crippen LogP contribution >= 0.6 is 11.6 Å². The summed E-state index contributed by atoms with van der Waals surface area (Å²) in [5.74, 6) is 0.720. The fourth-order valence-corrected chi connectivity index (χ4v) is 1.82. The molecule has 0 radical (unpaired) electrons. The van der Waals surface area contributed by atoms with Gasteiger partial charge in [-0.3, -0.25) is 0 Å². The van der Waals surface area contributed by atoms with Crippen molar-refractivity contribution in [2.75, 3.05) is 17.6 Å². The monoisotopic (exact) mass is 212 g/mol. The molecule has 4 heteroatoms. The van der Waals surface area contributed by atoms with Gasteiger partial charge in [-0.2, -0.15) is 0 Å². The molecule has 0 saturated carbocycles. The van der Waals surface area contributed by atoms with Crippen molar-refractivity contribution in [3.8, 4) is 5.75 Å². The molecular formula is C10H13ClN2O. The molecule has 0 spiro atoms. The van der Waals surface area contributed by atoms with Gasteiger partial charge in [0.15, 0.2) is 5.75 Å². The summed E-state index contributed by atoms with van der Waals surface area (Å²) in [4.78, 5) is 0. The highest BCUT2D eigenvalue weighted by Gasteiger charge is 2.21. The van der Waals surface area contributed by atoms with Crippen molar-refractivity contribution in [3.05, 3.63) is 16.7 Å². The van der Waals surface area contributed by atoms with E-state index in [1.54, 1.807) is 6.07 Å². The fourth-order valence-electron chi connectivity index (χ4n) is 1.56. The summed E-state index contributed by atoms with van der Waals surface area (Å²) in [6.07, 6.45) is 0.142. The van der Waals surface area contributed by atoms with Gasteiger partial charge < -0.3 is 15.8 Å². The standard InChI is InChI=1S/C10H13ClN2O/c1-5-4-13-9-6(2)8(12)3-7(11)10(9)14-5/h3,5,13H,4,12H2,1-2H3. The number of halogens is 1. The van der Waals surface area contributed by atoms with Gasteiger partial charge in [0.05, 0.1) is 17.3 Å². The van der Waals surface area contributed by atoms with E-state index in [2.05, 4.69) is 5.32 Å². The minimum atomic E-state index is 0.142. The highest BCUT2D eigenvalue weighted by atomic mass is 35.5. The van der Waals surface area contributed by atoms with Crippen LogP contribution < -0.4 is 15.8 Å². The maximum atomic E-state index is 6.04. The van der Waals surface area contributed by atoms with E-state index in [0.29, 0.717) is 10.7 Å². The quantitative estimate of drug-likeness (QED) is 0.650. The van der Waals surface area contributed by atoms with Crippen molar-refractivity contribution in [2.45, 2.75) is 20.0 Å². The third kappa shape index (κ3) is 1.38. The van der Waals surface area contributed by atoms with Crippen molar-refractivity contribution in [1.29, 1.82) is 0 Å². The number of nitrogens with one attached hydrogen (secondary N) is 1. The van der Waals surface area contributed by atoms with E-state index in [-0.39, 0.29) is 6.10 Å². The van der Waals surface area contributed by atoms with E-state index in [1.165, 1.54) is 0 Å². The molecule has 1 unspecified atom stereocenters. The van der Waals surface area contributed by atoms with E-state index in [1.807, 2.05) is 13.8 Å². The number of hydrogen-bond acceptors (Lipinski definition) is 3. The number of benzene rings is 1. The lowest BCUT2D eigenvalue weighted by atomic mass is 10.1. The molecule has 0 saturated heterocycles. The molecule has 1 aromatic carbocycles. The van der Waals surface area contributed by atoms with E-state index >= 15 is 0 Å². The topological polar surface area (TPSA) is 47.3 Å². The number of nitrogen functional groups attached to an aromatic ring is 1. The second-order valence-electron chi connectivity index (χ2n) is 3.59. The summed E-state index contributed by atoms with van der Waals surface area (Å²) in [5, 5.41) is 3.84. The third-order valence-electron chi connectivity index (χ3n) is 2.42. The smallest absolute Gasteiger partial charge is 0.161 e. The Balaban J connectivity index is 2.57. The SMILES string of the molecule is Cc1c(N)cc(Cl)c2c1NCC(C)O2. The Bertz CT molecular complexity index is 379. The number of ether oxygens (including phenoxy) is 1. The van der Waals surface area contributed by atoms with E-state index < -0.39 is 0 Å². The van der Waals surface area contributed by atoms with Crippen LogP contribution in [-0.4, -0.2) is 12.6 Å². The molecular weight excluding hydrogens is 200 g/mol. The fraction of sp³-hybridized carbons (Fsp3) is 0.400. The number of rotatable bonds is 0. The summed E-state index contributed by atoms with van der Waals surface area (Å²) in [7, 11) is 0. The average Bonchev–Trinajstić information content (AvgIpc) is 2.14. The Morgan fingerprint density at radius 1 is 1.64 bits per heavy atom. The lowest BCUT2D eigenvalue weighted by Gasteiger charge is -2.27. The molecule has 0 fully saturated rings. The van der Waals surface area contributed by atoms with E-state index in [4.69, 9.17) is 22.1 Å². The van der Waals surface area contributed by atoms with E-state index in [0.717, 1.165) is 23.5 Å². The van der Waals surface area contributed by atoms with Gasteiger partial charge in [0.2, 0.25) is 0 Å². The first-order valence-electron chi connectivity index (χ1n) is 4.58. The molecule has 3 nitrogen and oxygen atoms in total. The molecule has 1 aromatic rings. The van der Waals surface area contributed by atoms with Gasteiger partial charge in [-0.25, -0.2) is 0 Å². The van der Waals surface area contributed by atoms with Crippen molar-refractivity contribution < 1.29 is 4.74 Å². The van der Waals surface area contributed by atoms with Crippen LogP contribution in [0.3, 0.4) is 0 Å². The molecule has 2 rings (SSSR count). The third-order valence-corrected chi connectivity index (χ3v) is 2.70. The van der Waals surface area contributed by atoms with Gasteiger partial charge in [0.25, 0.3) is 0 Å². The number of anilines is 2. The normalized spacial score (nSPS) is 19.5. The summed E-state index contributed by atoms with van der Waals surface area (Å²) < 4.78 is 5.65. The number of nitrogens with two attached hydrogens (primary N) is 1. The van der Waals surface area contributed by atoms with Crippen LogP contribution in [0.4, 0.5) is 11.4 Å². The van der Waals surface area contributed by atoms with Crippen LogP contribution in [0.2, 0.25) is 5.02 Å². The second-order valence-corrected chi connectivity index (χ2v) is 3.99. The highest BCUT2D eigenvalue weighted by Crippen LogP contribution is 2.41. The minimum Gasteiger partial charge on any atom is -0.485 e. The van der Waals surface area contributed by atoms with Gasteiger partial charge in [-0.15, -0.1) is 0 Å². The van der Waals surface area contributed by atoms with E-state index in [9.17, 15) is 0 Å². The molecule has 14 heavy (non-hydrogen) atoms. The highest BCUT2D eigenvalue weighted by molar-refractivity contribution is 6.33. The number of hydrogen-bond donors (Lipinski definition) is 2. The van der Waals surface area contributed by atoms with Crippen molar-refractivity contribution in [2.24, 2.45) is 0 Å². The molecule has 0 aromatic heterocycles. The maximum absolute atomic E-state index is 6.04. The molecule has 0 aliphatic carbocycles. The van der Waals surface area contributed by atoms with Crippen LogP contribution in [0.1, 0.15) is 12.5 Å². The second kappa shape index (κ2) is 3.24.